The molecule has 1 N–H and O–H groups in total. The molecule has 8 atom stereocenters. The quantitative estimate of drug-likeness (QED) is 0.244. The standard InChI is InChI=1S/C38H59NO5S/c1-23(2)30-27(41)22-34(6)16-18-36(8)26(31(30)34)10-11-29-35(7)17-19-38(44-24(3)40,33(4,5)28(35)12-15-37(29,36)9)39-32(42)43-25-13-20-45-21-14-25/h23,25-26,28-29H,10-22H2,1-9H3,(H,39,42)/t26-,28+,29-,34+,35+,36-,37-,38+/m1/s1. The molecule has 252 valence electrons. The summed E-state index contributed by atoms with van der Waals surface area (Å²) in [7, 11) is 0. The summed E-state index contributed by atoms with van der Waals surface area (Å²) in [6.45, 7) is 20.4. The second kappa shape index (κ2) is 11.0. The molecule has 1 amide bonds. The molecule has 1 aliphatic heterocycles. The molecule has 5 fully saturated rings. The Hall–Kier alpha value is -1.50. The second-order valence-corrected chi connectivity index (χ2v) is 19.0. The summed E-state index contributed by atoms with van der Waals surface area (Å²) < 4.78 is 12.1. The topological polar surface area (TPSA) is 81.7 Å². The third kappa shape index (κ3) is 4.80. The number of esters is 1. The van der Waals surface area contributed by atoms with Gasteiger partial charge in [-0.05, 0) is 120 Å². The van der Waals surface area contributed by atoms with Crippen molar-refractivity contribution >= 4 is 29.6 Å². The largest absolute Gasteiger partial charge is 0.446 e. The SMILES string of the molecule is CC(=O)O[C@@]1(NC(=O)OC2CCSCC2)CC[C@]2(C)[C@H]3CC[C@@H]4C5=C(C(C)C)C(=O)C[C@]5(C)CC[C@@]4(C)[C@]3(C)CC[C@H]2C1(C)C. The Morgan fingerprint density at radius 2 is 1.53 bits per heavy atom. The van der Waals surface area contributed by atoms with Crippen molar-refractivity contribution in [1.29, 1.82) is 0 Å². The lowest BCUT2D eigenvalue weighted by molar-refractivity contribution is -0.263. The Morgan fingerprint density at radius 1 is 0.844 bits per heavy atom. The number of allylic oxidation sites excluding steroid dienone is 2. The molecule has 5 aliphatic carbocycles. The van der Waals surface area contributed by atoms with Gasteiger partial charge in [-0.1, -0.05) is 61.0 Å². The zero-order valence-electron chi connectivity index (χ0n) is 29.5. The highest BCUT2D eigenvalue weighted by Gasteiger charge is 2.72. The van der Waals surface area contributed by atoms with Crippen molar-refractivity contribution in [3.05, 3.63) is 11.1 Å². The van der Waals surface area contributed by atoms with Crippen molar-refractivity contribution in [3.63, 3.8) is 0 Å². The van der Waals surface area contributed by atoms with Crippen LogP contribution in [-0.2, 0) is 19.1 Å². The van der Waals surface area contributed by atoms with E-state index in [4.69, 9.17) is 9.47 Å². The van der Waals surface area contributed by atoms with Crippen LogP contribution in [0.25, 0.3) is 0 Å². The van der Waals surface area contributed by atoms with Crippen LogP contribution in [0.2, 0.25) is 0 Å². The summed E-state index contributed by atoms with van der Waals surface area (Å²) in [5.41, 5.74) is 1.45. The number of Topliss-reactive ketones (excluding diaryl/α,β-unsaturated/α-hetero) is 1. The number of hydrogen-bond donors (Lipinski definition) is 1. The van der Waals surface area contributed by atoms with Gasteiger partial charge >= 0.3 is 12.1 Å². The van der Waals surface area contributed by atoms with Crippen LogP contribution in [0.5, 0.6) is 0 Å². The number of carbonyl (C=O) groups is 3. The number of rotatable bonds is 4. The van der Waals surface area contributed by atoms with Crippen LogP contribution < -0.4 is 5.32 Å². The molecular weight excluding hydrogens is 582 g/mol. The van der Waals surface area contributed by atoms with Crippen molar-refractivity contribution in [2.75, 3.05) is 11.5 Å². The first kappa shape index (κ1) is 33.4. The maximum Gasteiger partial charge on any atom is 0.410 e. The summed E-state index contributed by atoms with van der Waals surface area (Å²) in [4.78, 5) is 39.5. The molecule has 0 aromatic rings. The number of ketones is 1. The Bertz CT molecular complexity index is 1280. The van der Waals surface area contributed by atoms with Crippen LogP contribution in [0.1, 0.15) is 133 Å². The summed E-state index contributed by atoms with van der Waals surface area (Å²) in [5, 5.41) is 3.19. The predicted octanol–water partition coefficient (Wildman–Crippen LogP) is 8.87. The average molecular weight is 642 g/mol. The molecule has 0 bridgehead atoms. The van der Waals surface area contributed by atoms with E-state index in [1.54, 1.807) is 0 Å². The first-order valence-corrected chi connectivity index (χ1v) is 19.1. The molecule has 6 rings (SSSR count). The van der Waals surface area contributed by atoms with Gasteiger partial charge in [0.15, 0.2) is 11.5 Å². The van der Waals surface area contributed by atoms with Gasteiger partial charge in [0, 0.05) is 25.2 Å². The van der Waals surface area contributed by atoms with Crippen LogP contribution in [-0.4, -0.2) is 41.2 Å². The monoisotopic (exact) mass is 641 g/mol. The van der Waals surface area contributed by atoms with Crippen LogP contribution in [0.3, 0.4) is 0 Å². The smallest absolute Gasteiger partial charge is 0.410 e. The van der Waals surface area contributed by atoms with E-state index < -0.39 is 17.2 Å². The number of amides is 1. The molecule has 6 aliphatic rings. The van der Waals surface area contributed by atoms with E-state index in [0.29, 0.717) is 30.5 Å². The minimum absolute atomic E-state index is 0.0262. The first-order valence-electron chi connectivity index (χ1n) is 18.0. The van der Waals surface area contributed by atoms with Gasteiger partial charge in [-0.15, -0.1) is 0 Å². The third-order valence-corrected chi connectivity index (χ3v) is 16.1. The Labute approximate surface area is 276 Å². The normalized spacial score (nSPS) is 44.4. The zero-order chi connectivity index (χ0) is 32.8. The van der Waals surface area contributed by atoms with E-state index >= 15 is 0 Å². The molecule has 1 saturated heterocycles. The fraction of sp³-hybridized carbons (Fsp3) is 0.868. The predicted molar refractivity (Wildman–Crippen MR) is 180 cm³/mol. The molecule has 0 radical (unpaired) electrons. The maximum atomic E-state index is 13.4. The minimum Gasteiger partial charge on any atom is -0.446 e. The van der Waals surface area contributed by atoms with Gasteiger partial charge in [-0.3, -0.25) is 14.9 Å². The number of alkyl carbamates (subject to hydrolysis) is 1. The highest BCUT2D eigenvalue weighted by atomic mass is 32.2. The zero-order valence-corrected chi connectivity index (χ0v) is 30.3. The molecule has 0 spiro atoms. The van der Waals surface area contributed by atoms with Crippen molar-refractivity contribution in [1.82, 2.24) is 5.32 Å². The summed E-state index contributed by atoms with van der Waals surface area (Å²) >= 11 is 1.90. The van der Waals surface area contributed by atoms with Crippen molar-refractivity contribution in [2.24, 2.45) is 50.7 Å². The molecule has 0 aromatic heterocycles. The lowest BCUT2D eigenvalue weighted by atomic mass is 9.32. The molecule has 45 heavy (non-hydrogen) atoms. The number of fused-ring (bicyclic) bond motifs is 7. The van der Waals surface area contributed by atoms with Crippen LogP contribution in [0, 0.1) is 50.7 Å². The highest BCUT2D eigenvalue weighted by molar-refractivity contribution is 7.99. The molecule has 0 aromatic carbocycles. The van der Waals surface area contributed by atoms with E-state index in [-0.39, 0.29) is 45.6 Å². The number of thioether (sulfide) groups is 1. The van der Waals surface area contributed by atoms with Gasteiger partial charge in [0.25, 0.3) is 0 Å². The fourth-order valence-corrected chi connectivity index (χ4v) is 13.7. The summed E-state index contributed by atoms with van der Waals surface area (Å²) in [6.07, 6.45) is 10.1. The second-order valence-electron chi connectivity index (χ2n) is 17.7. The lowest BCUT2D eigenvalue weighted by Crippen LogP contribution is -2.72. The van der Waals surface area contributed by atoms with E-state index in [1.165, 1.54) is 18.9 Å². The van der Waals surface area contributed by atoms with Crippen LogP contribution in [0.4, 0.5) is 4.79 Å². The minimum atomic E-state index is -1.10. The van der Waals surface area contributed by atoms with Gasteiger partial charge in [-0.25, -0.2) is 4.79 Å². The number of nitrogens with one attached hydrogen (secondary N) is 1. The fourth-order valence-electron chi connectivity index (χ4n) is 12.6. The van der Waals surface area contributed by atoms with Crippen molar-refractivity contribution < 1.29 is 23.9 Å². The molecule has 7 heteroatoms. The highest BCUT2D eigenvalue weighted by Crippen LogP contribution is 2.77. The number of carbonyl (C=O) groups excluding carboxylic acids is 3. The van der Waals surface area contributed by atoms with E-state index in [0.717, 1.165) is 68.4 Å². The number of hydrogen-bond acceptors (Lipinski definition) is 6. The van der Waals surface area contributed by atoms with Gasteiger partial charge in [0.1, 0.15) is 6.10 Å². The van der Waals surface area contributed by atoms with Gasteiger partial charge in [-0.2, -0.15) is 11.8 Å². The van der Waals surface area contributed by atoms with Gasteiger partial charge < -0.3 is 9.47 Å². The maximum absolute atomic E-state index is 13.4. The third-order valence-electron chi connectivity index (χ3n) is 15.0. The lowest BCUT2D eigenvalue weighted by Gasteiger charge is -2.73. The van der Waals surface area contributed by atoms with Crippen molar-refractivity contribution in [2.45, 2.75) is 145 Å². The molecular formula is C38H59NO5S. The molecule has 0 unspecified atom stereocenters. The van der Waals surface area contributed by atoms with Crippen LogP contribution >= 0.6 is 11.8 Å². The first-order chi connectivity index (χ1) is 20.9. The molecule has 1 heterocycles. The van der Waals surface area contributed by atoms with Crippen molar-refractivity contribution in [3.8, 4) is 0 Å². The Morgan fingerprint density at radius 3 is 2.18 bits per heavy atom. The van der Waals surface area contributed by atoms with E-state index in [2.05, 4.69) is 60.7 Å². The van der Waals surface area contributed by atoms with Gasteiger partial charge in [0.05, 0.1) is 0 Å². The van der Waals surface area contributed by atoms with E-state index in [1.807, 2.05) is 11.8 Å². The molecule has 4 saturated carbocycles. The Balaban J connectivity index is 1.32. The van der Waals surface area contributed by atoms with Crippen LogP contribution in [0.15, 0.2) is 11.1 Å². The summed E-state index contributed by atoms with van der Waals surface area (Å²) in [5.74, 6) is 3.59. The van der Waals surface area contributed by atoms with Gasteiger partial charge in [0.2, 0.25) is 0 Å². The average Bonchev–Trinajstić information content (AvgIpc) is 3.22. The summed E-state index contributed by atoms with van der Waals surface area (Å²) in [6, 6.07) is 0. The molecule has 6 nitrogen and oxygen atoms in total. The number of ether oxygens (including phenoxy) is 2. The Kier molecular flexibility index (Phi) is 8.18. The van der Waals surface area contributed by atoms with E-state index in [9.17, 15) is 14.4 Å².